The largest absolute Gasteiger partial charge is 0.167 e. The van der Waals surface area contributed by atoms with Gasteiger partial charge in [-0.2, -0.15) is 11.1 Å². The Balaban J connectivity index is 2.93. The number of benzene rings is 1. The van der Waals surface area contributed by atoms with Crippen molar-refractivity contribution in [2.24, 2.45) is 0 Å². The van der Waals surface area contributed by atoms with Crippen molar-refractivity contribution in [2.45, 2.75) is 25.1 Å². The molecule has 0 amide bonds. The maximum Gasteiger partial charge on any atom is 0.161 e. The highest BCUT2D eigenvalue weighted by Gasteiger charge is 2.33. The molecular weight excluding hydrogens is 231 g/mol. The minimum absolute atomic E-state index is 0.358. The molecule has 14 heavy (non-hydrogen) atoms. The standard InChI is InChI=1S/C11H16Cl2Si/c1-3-14(2,13)11(9-12)10-7-5-4-6-8-10/h4-8,11H,3,9H2,1-2H3/t11-,14?/m1/s1. The third-order valence-corrected chi connectivity index (χ3v) is 8.31. The molecule has 0 N–H and O–H groups in total. The minimum atomic E-state index is -1.71. The molecule has 2 atom stereocenters. The summed E-state index contributed by atoms with van der Waals surface area (Å²) in [6.45, 7) is 4.34. The lowest BCUT2D eigenvalue weighted by molar-refractivity contribution is 1.03. The first-order chi connectivity index (χ1) is 6.61. The Hall–Kier alpha value is 0.0169. The van der Waals surface area contributed by atoms with E-state index >= 15 is 0 Å². The first-order valence-corrected chi connectivity index (χ1v) is 9.24. The van der Waals surface area contributed by atoms with E-state index in [4.69, 9.17) is 22.7 Å². The summed E-state index contributed by atoms with van der Waals surface area (Å²) in [5.41, 5.74) is 1.64. The molecule has 0 aromatic heterocycles. The topological polar surface area (TPSA) is 0 Å². The van der Waals surface area contributed by atoms with Gasteiger partial charge in [0.1, 0.15) is 0 Å². The summed E-state index contributed by atoms with van der Waals surface area (Å²) >= 11 is 12.6. The zero-order valence-corrected chi connectivity index (χ0v) is 11.1. The van der Waals surface area contributed by atoms with Gasteiger partial charge in [0.25, 0.3) is 0 Å². The van der Waals surface area contributed by atoms with Crippen LogP contribution in [0.15, 0.2) is 30.3 Å². The van der Waals surface area contributed by atoms with Crippen molar-refractivity contribution in [3.63, 3.8) is 0 Å². The van der Waals surface area contributed by atoms with Crippen molar-refractivity contribution in [1.29, 1.82) is 0 Å². The zero-order chi connectivity index (χ0) is 10.6. The molecule has 0 spiro atoms. The van der Waals surface area contributed by atoms with E-state index in [1.165, 1.54) is 5.56 Å². The highest BCUT2D eigenvalue weighted by Crippen LogP contribution is 2.33. The fraction of sp³-hybridized carbons (Fsp3) is 0.455. The van der Waals surface area contributed by atoms with Crippen molar-refractivity contribution >= 4 is 30.1 Å². The second kappa shape index (κ2) is 5.20. The number of alkyl halides is 1. The van der Waals surface area contributed by atoms with Gasteiger partial charge in [0, 0.05) is 11.4 Å². The Bertz CT molecular complexity index is 272. The van der Waals surface area contributed by atoms with E-state index in [0.717, 1.165) is 6.04 Å². The van der Waals surface area contributed by atoms with Gasteiger partial charge >= 0.3 is 0 Å². The Morgan fingerprint density at radius 1 is 1.29 bits per heavy atom. The third-order valence-electron chi connectivity index (χ3n) is 2.77. The average Bonchev–Trinajstić information content (AvgIpc) is 2.20. The predicted octanol–water partition coefficient (Wildman–Crippen LogP) is 4.38. The Morgan fingerprint density at radius 3 is 2.29 bits per heavy atom. The van der Waals surface area contributed by atoms with Crippen molar-refractivity contribution in [2.75, 3.05) is 5.88 Å². The number of halogens is 2. The second-order valence-electron chi connectivity index (χ2n) is 3.75. The van der Waals surface area contributed by atoms with Gasteiger partial charge < -0.3 is 0 Å². The van der Waals surface area contributed by atoms with E-state index in [9.17, 15) is 0 Å². The van der Waals surface area contributed by atoms with Crippen LogP contribution < -0.4 is 0 Å². The number of hydrogen-bond acceptors (Lipinski definition) is 0. The smallest absolute Gasteiger partial charge is 0.161 e. The van der Waals surface area contributed by atoms with Crippen LogP contribution in [-0.2, 0) is 0 Å². The van der Waals surface area contributed by atoms with Crippen molar-refractivity contribution < 1.29 is 0 Å². The predicted molar refractivity (Wildman–Crippen MR) is 67.9 cm³/mol. The van der Waals surface area contributed by atoms with E-state index in [1.54, 1.807) is 0 Å². The number of hydrogen-bond donors (Lipinski definition) is 0. The lowest BCUT2D eigenvalue weighted by Crippen LogP contribution is -2.32. The molecule has 3 heteroatoms. The normalized spacial score (nSPS) is 17.4. The third kappa shape index (κ3) is 2.75. The van der Waals surface area contributed by atoms with Gasteiger partial charge in [0.15, 0.2) is 7.38 Å². The molecule has 0 aliphatic carbocycles. The molecule has 0 bridgehead atoms. The van der Waals surface area contributed by atoms with Crippen molar-refractivity contribution in [3.05, 3.63) is 35.9 Å². The Labute approximate surface area is 96.9 Å². The molecule has 1 aromatic carbocycles. The van der Waals surface area contributed by atoms with Gasteiger partial charge in [-0.15, -0.1) is 11.6 Å². The van der Waals surface area contributed by atoms with Gasteiger partial charge in [0.05, 0.1) is 0 Å². The average molecular weight is 247 g/mol. The van der Waals surface area contributed by atoms with Crippen molar-refractivity contribution in [3.8, 4) is 0 Å². The van der Waals surface area contributed by atoms with Crippen LogP contribution in [0.25, 0.3) is 0 Å². The first-order valence-electron chi connectivity index (χ1n) is 4.91. The summed E-state index contributed by atoms with van der Waals surface area (Å²) in [4.78, 5) is 0. The zero-order valence-electron chi connectivity index (χ0n) is 8.63. The summed E-state index contributed by atoms with van der Waals surface area (Å²) in [6.07, 6.45) is 0. The minimum Gasteiger partial charge on any atom is -0.167 e. The Morgan fingerprint density at radius 2 is 1.86 bits per heavy atom. The van der Waals surface area contributed by atoms with Crippen LogP contribution in [0.2, 0.25) is 12.6 Å². The van der Waals surface area contributed by atoms with E-state index in [1.807, 2.05) is 18.2 Å². The summed E-state index contributed by atoms with van der Waals surface area (Å²) in [5.74, 6) is 0.629. The summed E-state index contributed by atoms with van der Waals surface area (Å²) < 4.78 is 0. The van der Waals surface area contributed by atoms with E-state index in [0.29, 0.717) is 11.4 Å². The molecule has 1 rings (SSSR count). The van der Waals surface area contributed by atoms with Gasteiger partial charge in [-0.1, -0.05) is 43.8 Å². The van der Waals surface area contributed by atoms with Gasteiger partial charge in [0.2, 0.25) is 0 Å². The van der Waals surface area contributed by atoms with Crippen LogP contribution in [0.5, 0.6) is 0 Å². The van der Waals surface area contributed by atoms with Gasteiger partial charge in [-0.05, 0) is 11.6 Å². The van der Waals surface area contributed by atoms with Crippen molar-refractivity contribution in [1.82, 2.24) is 0 Å². The lowest BCUT2D eigenvalue weighted by atomic mass is 10.2. The fourth-order valence-electron chi connectivity index (χ4n) is 1.53. The monoisotopic (exact) mass is 246 g/mol. The molecule has 0 radical (unpaired) electrons. The molecule has 0 heterocycles. The quantitative estimate of drug-likeness (QED) is 0.420. The first kappa shape index (κ1) is 12.1. The Kier molecular flexibility index (Phi) is 4.49. The molecule has 1 aromatic rings. The molecule has 0 saturated carbocycles. The molecule has 0 aliphatic rings. The summed E-state index contributed by atoms with van der Waals surface area (Å²) in [6, 6.07) is 11.4. The SMILES string of the molecule is CC[Si](C)(Cl)[C@H](CCl)c1ccccc1. The fourth-order valence-corrected chi connectivity index (χ4v) is 5.28. The van der Waals surface area contributed by atoms with Crippen LogP contribution in [0, 0.1) is 0 Å². The van der Waals surface area contributed by atoms with E-state index < -0.39 is 7.38 Å². The van der Waals surface area contributed by atoms with Gasteiger partial charge in [-0.3, -0.25) is 0 Å². The van der Waals surface area contributed by atoms with E-state index in [-0.39, 0.29) is 0 Å². The highest BCUT2D eigenvalue weighted by molar-refractivity contribution is 7.20. The molecule has 0 saturated heterocycles. The molecule has 0 fully saturated rings. The molecule has 78 valence electrons. The number of rotatable bonds is 4. The molecule has 0 aliphatic heterocycles. The molecule has 0 nitrogen and oxygen atoms in total. The van der Waals surface area contributed by atoms with Crippen LogP contribution in [0.1, 0.15) is 18.0 Å². The lowest BCUT2D eigenvalue weighted by Gasteiger charge is -2.27. The highest BCUT2D eigenvalue weighted by atomic mass is 35.6. The molecule has 1 unspecified atom stereocenters. The summed E-state index contributed by atoms with van der Waals surface area (Å²) in [7, 11) is -1.71. The maximum absolute atomic E-state index is 6.58. The second-order valence-corrected chi connectivity index (χ2v) is 10.6. The van der Waals surface area contributed by atoms with Crippen LogP contribution in [-0.4, -0.2) is 13.3 Å². The maximum atomic E-state index is 6.58. The van der Waals surface area contributed by atoms with Crippen LogP contribution >= 0.6 is 22.7 Å². The van der Waals surface area contributed by atoms with Crippen LogP contribution in [0.3, 0.4) is 0 Å². The summed E-state index contributed by atoms with van der Waals surface area (Å²) in [5, 5.41) is 0. The van der Waals surface area contributed by atoms with E-state index in [2.05, 4.69) is 25.6 Å². The van der Waals surface area contributed by atoms with Gasteiger partial charge in [-0.25, -0.2) is 0 Å². The van der Waals surface area contributed by atoms with Crippen LogP contribution in [0.4, 0.5) is 0 Å². The molecular formula is C11H16Cl2Si.